The first kappa shape index (κ1) is 19.0. The van der Waals surface area contributed by atoms with Gasteiger partial charge in [-0.15, -0.1) is 0 Å². The van der Waals surface area contributed by atoms with E-state index >= 15 is 0 Å². The first-order valence-electron chi connectivity index (χ1n) is 10.2. The highest BCUT2D eigenvalue weighted by Crippen LogP contribution is 2.34. The first-order chi connectivity index (χ1) is 15.0. The molecule has 0 unspecified atom stereocenters. The summed E-state index contributed by atoms with van der Waals surface area (Å²) in [6.45, 7) is 3.84. The van der Waals surface area contributed by atoms with Gasteiger partial charge in [0.1, 0.15) is 23.6 Å². The van der Waals surface area contributed by atoms with E-state index in [-0.39, 0.29) is 6.03 Å². The second kappa shape index (κ2) is 7.39. The fourth-order valence-electron chi connectivity index (χ4n) is 4.17. The van der Waals surface area contributed by atoms with E-state index < -0.39 is 0 Å². The van der Waals surface area contributed by atoms with Gasteiger partial charge in [-0.1, -0.05) is 30.3 Å². The van der Waals surface area contributed by atoms with Crippen molar-refractivity contribution in [3.05, 3.63) is 66.2 Å². The number of nitrogen functional groups attached to an aromatic ring is 1. The molecule has 1 aromatic carbocycles. The van der Waals surface area contributed by atoms with Crippen LogP contribution < -0.4 is 10.6 Å². The summed E-state index contributed by atoms with van der Waals surface area (Å²) in [5.74, 6) is 1.10. The molecular formula is C23H23N7O. The van der Waals surface area contributed by atoms with Crippen molar-refractivity contribution >= 4 is 28.7 Å². The Morgan fingerprint density at radius 2 is 1.84 bits per heavy atom. The van der Waals surface area contributed by atoms with E-state index in [4.69, 9.17) is 10.7 Å². The van der Waals surface area contributed by atoms with E-state index in [0.717, 1.165) is 33.4 Å². The standard InChI is InChI=1S/C23H23N7O/c1-15-17(18-13-28(2)22-20(18)21(24)25-14-26-22)8-9-19(27-15)30-11-10-29(23(30)31)12-16-6-4-3-5-7-16/h3-9,13-14H,10-12H2,1-2H3,(H2,24,25,26). The summed E-state index contributed by atoms with van der Waals surface area (Å²) in [7, 11) is 1.93. The van der Waals surface area contributed by atoms with Crippen LogP contribution in [0.1, 0.15) is 11.3 Å². The van der Waals surface area contributed by atoms with Gasteiger partial charge in [-0.2, -0.15) is 0 Å². The summed E-state index contributed by atoms with van der Waals surface area (Å²) >= 11 is 0. The van der Waals surface area contributed by atoms with Crippen molar-refractivity contribution in [2.45, 2.75) is 13.5 Å². The highest BCUT2D eigenvalue weighted by atomic mass is 16.2. The number of benzene rings is 1. The van der Waals surface area contributed by atoms with Gasteiger partial charge in [-0.05, 0) is 24.6 Å². The third-order valence-electron chi connectivity index (χ3n) is 5.73. The monoisotopic (exact) mass is 413 g/mol. The number of hydrogen-bond acceptors (Lipinski definition) is 5. The van der Waals surface area contributed by atoms with Crippen LogP contribution in [0.4, 0.5) is 16.4 Å². The van der Waals surface area contributed by atoms with Gasteiger partial charge in [-0.25, -0.2) is 19.7 Å². The SMILES string of the molecule is Cc1nc(N2CCN(Cc3ccccc3)C2=O)ccc1-c1cn(C)c2ncnc(N)c12. The van der Waals surface area contributed by atoms with Crippen molar-refractivity contribution < 1.29 is 4.79 Å². The molecule has 1 saturated heterocycles. The van der Waals surface area contributed by atoms with E-state index in [1.165, 1.54) is 6.33 Å². The number of carbonyl (C=O) groups excluding carboxylic acids is 1. The van der Waals surface area contributed by atoms with Crippen molar-refractivity contribution in [2.24, 2.45) is 7.05 Å². The molecular weight excluding hydrogens is 390 g/mol. The van der Waals surface area contributed by atoms with E-state index in [2.05, 4.69) is 9.97 Å². The summed E-state index contributed by atoms with van der Waals surface area (Å²) in [6, 6.07) is 13.9. The molecule has 0 atom stereocenters. The van der Waals surface area contributed by atoms with Crippen LogP contribution in [0, 0.1) is 6.92 Å². The minimum absolute atomic E-state index is 0.0219. The number of aryl methyl sites for hydroxylation is 2. The van der Waals surface area contributed by atoms with Crippen LogP contribution >= 0.6 is 0 Å². The average Bonchev–Trinajstić information content (AvgIpc) is 3.30. The maximum Gasteiger partial charge on any atom is 0.326 e. The zero-order chi connectivity index (χ0) is 21.5. The number of pyridine rings is 1. The quantitative estimate of drug-likeness (QED) is 0.554. The molecule has 2 N–H and O–H groups in total. The Morgan fingerprint density at radius 1 is 1.03 bits per heavy atom. The van der Waals surface area contributed by atoms with Crippen LogP contribution in [-0.4, -0.2) is 43.5 Å². The molecule has 0 aliphatic carbocycles. The number of amides is 2. The zero-order valence-corrected chi connectivity index (χ0v) is 17.5. The number of rotatable bonds is 4. The van der Waals surface area contributed by atoms with Crippen LogP contribution in [0.2, 0.25) is 0 Å². The van der Waals surface area contributed by atoms with Crippen molar-refractivity contribution in [3.63, 3.8) is 0 Å². The molecule has 0 saturated carbocycles. The fourth-order valence-corrected chi connectivity index (χ4v) is 4.17. The number of urea groups is 1. The first-order valence-corrected chi connectivity index (χ1v) is 10.2. The summed E-state index contributed by atoms with van der Waals surface area (Å²) in [6.07, 6.45) is 3.46. The van der Waals surface area contributed by atoms with E-state index in [1.54, 1.807) is 4.90 Å². The maximum atomic E-state index is 13.0. The van der Waals surface area contributed by atoms with Gasteiger partial charge in [0, 0.05) is 49.7 Å². The summed E-state index contributed by atoms with van der Waals surface area (Å²) in [4.78, 5) is 29.8. The molecule has 3 aromatic heterocycles. The van der Waals surface area contributed by atoms with Gasteiger partial charge in [0.25, 0.3) is 0 Å². The number of aromatic nitrogens is 4. The summed E-state index contributed by atoms with van der Waals surface area (Å²) < 4.78 is 1.93. The molecule has 8 heteroatoms. The van der Waals surface area contributed by atoms with Gasteiger partial charge in [0.15, 0.2) is 0 Å². The van der Waals surface area contributed by atoms with Gasteiger partial charge in [0.2, 0.25) is 0 Å². The molecule has 0 bridgehead atoms. The molecule has 4 aromatic rings. The average molecular weight is 413 g/mol. The predicted molar refractivity (Wildman–Crippen MR) is 120 cm³/mol. The second-order valence-electron chi connectivity index (χ2n) is 7.75. The van der Waals surface area contributed by atoms with Crippen molar-refractivity contribution in [1.82, 2.24) is 24.4 Å². The van der Waals surface area contributed by atoms with Crippen LogP contribution in [0.5, 0.6) is 0 Å². The lowest BCUT2D eigenvalue weighted by molar-refractivity contribution is 0.218. The number of nitrogens with two attached hydrogens (primary N) is 1. The van der Waals surface area contributed by atoms with E-state index in [1.807, 2.05) is 72.1 Å². The molecule has 2 amide bonds. The third kappa shape index (κ3) is 3.26. The van der Waals surface area contributed by atoms with E-state index in [9.17, 15) is 4.79 Å². The predicted octanol–water partition coefficient (Wildman–Crippen LogP) is 3.36. The number of nitrogens with zero attached hydrogens (tertiary/aromatic N) is 6. The Morgan fingerprint density at radius 3 is 2.61 bits per heavy atom. The molecule has 8 nitrogen and oxygen atoms in total. The molecule has 1 aliphatic rings. The number of anilines is 2. The second-order valence-corrected chi connectivity index (χ2v) is 7.75. The van der Waals surface area contributed by atoms with Crippen LogP contribution in [0.3, 0.4) is 0 Å². The largest absolute Gasteiger partial charge is 0.383 e. The maximum absolute atomic E-state index is 13.0. The zero-order valence-electron chi connectivity index (χ0n) is 17.5. The Balaban J connectivity index is 1.44. The normalized spacial score (nSPS) is 14.1. The van der Waals surface area contributed by atoms with Gasteiger partial charge in [-0.3, -0.25) is 4.90 Å². The molecule has 0 spiro atoms. The molecule has 156 valence electrons. The van der Waals surface area contributed by atoms with Crippen LogP contribution in [-0.2, 0) is 13.6 Å². The van der Waals surface area contributed by atoms with Crippen LogP contribution in [0.25, 0.3) is 22.2 Å². The van der Waals surface area contributed by atoms with E-state index in [0.29, 0.717) is 31.3 Å². The lowest BCUT2D eigenvalue weighted by Crippen LogP contribution is -2.32. The topological polar surface area (TPSA) is 93.2 Å². The van der Waals surface area contributed by atoms with Gasteiger partial charge in [0.05, 0.1) is 5.39 Å². The van der Waals surface area contributed by atoms with Crippen molar-refractivity contribution in [1.29, 1.82) is 0 Å². The fraction of sp³-hybridized carbons (Fsp3) is 0.217. The molecule has 5 rings (SSSR count). The van der Waals surface area contributed by atoms with Crippen LogP contribution in [0.15, 0.2) is 55.0 Å². The highest BCUT2D eigenvalue weighted by molar-refractivity contribution is 6.01. The molecule has 1 fully saturated rings. The van der Waals surface area contributed by atoms with Gasteiger partial charge < -0.3 is 15.2 Å². The smallest absolute Gasteiger partial charge is 0.326 e. The number of fused-ring (bicyclic) bond motifs is 1. The number of hydrogen-bond donors (Lipinski definition) is 1. The molecule has 31 heavy (non-hydrogen) atoms. The Kier molecular flexibility index (Phi) is 4.54. The van der Waals surface area contributed by atoms with Crippen molar-refractivity contribution in [3.8, 4) is 11.1 Å². The third-order valence-corrected chi connectivity index (χ3v) is 5.73. The number of carbonyl (C=O) groups is 1. The minimum atomic E-state index is -0.0219. The lowest BCUT2D eigenvalue weighted by atomic mass is 10.0. The lowest BCUT2D eigenvalue weighted by Gasteiger charge is -2.19. The molecule has 4 heterocycles. The molecule has 0 radical (unpaired) electrons. The Bertz CT molecular complexity index is 1280. The minimum Gasteiger partial charge on any atom is -0.383 e. The Labute approximate surface area is 180 Å². The Hall–Kier alpha value is -3.94. The summed E-state index contributed by atoms with van der Waals surface area (Å²) in [5.41, 5.74) is 10.7. The van der Waals surface area contributed by atoms with Gasteiger partial charge >= 0.3 is 6.03 Å². The summed E-state index contributed by atoms with van der Waals surface area (Å²) in [5, 5.41) is 0.814. The highest BCUT2D eigenvalue weighted by Gasteiger charge is 2.30. The molecule has 1 aliphatic heterocycles. The van der Waals surface area contributed by atoms with Crippen molar-refractivity contribution in [2.75, 3.05) is 23.7 Å².